The quantitative estimate of drug-likeness (QED) is 0.180. The highest BCUT2D eigenvalue weighted by molar-refractivity contribution is 6.16. The van der Waals surface area contributed by atoms with Crippen molar-refractivity contribution in [3.8, 4) is 33.6 Å². The minimum atomic E-state index is 0.817. The Morgan fingerprint density at radius 2 is 0.603 bits per heavy atom. The van der Waals surface area contributed by atoms with Crippen LogP contribution >= 0.6 is 0 Å². The number of aromatic nitrogens is 2. The molecule has 0 N–H and O–H groups in total. The van der Waals surface area contributed by atoms with Gasteiger partial charge in [0.2, 0.25) is 0 Å². The number of hydrogen-bond acceptors (Lipinski definition) is 2. The Kier molecular flexibility index (Phi) is 6.41. The van der Waals surface area contributed by atoms with E-state index >= 15 is 0 Å². The van der Waals surface area contributed by atoms with Gasteiger partial charge in [-0.1, -0.05) is 109 Å². The van der Waals surface area contributed by atoms with Crippen LogP contribution in [0.25, 0.3) is 121 Å². The lowest BCUT2D eigenvalue weighted by atomic mass is 10.00. The number of furan rings is 2. The van der Waals surface area contributed by atoms with E-state index in [1.165, 1.54) is 43.6 Å². The highest BCUT2D eigenvalue weighted by Crippen LogP contribution is 2.41. The normalized spacial score (nSPS) is 12.1. The van der Waals surface area contributed by atoms with Crippen LogP contribution in [0.2, 0.25) is 0 Å². The number of rotatable bonds is 4. The van der Waals surface area contributed by atoms with Crippen LogP contribution in [0.1, 0.15) is 0 Å². The van der Waals surface area contributed by atoms with Crippen LogP contribution in [0.15, 0.2) is 203 Å². The summed E-state index contributed by atoms with van der Waals surface area (Å²) in [6.07, 6.45) is 0. The zero-order valence-electron chi connectivity index (χ0n) is 31.2. The van der Waals surface area contributed by atoms with E-state index in [4.69, 9.17) is 8.83 Å². The second kappa shape index (κ2) is 11.8. The monoisotopic (exact) mass is 740 g/mol. The first-order valence-electron chi connectivity index (χ1n) is 19.7. The van der Waals surface area contributed by atoms with E-state index in [0.29, 0.717) is 0 Å². The molecule has 4 nitrogen and oxygen atoms in total. The minimum Gasteiger partial charge on any atom is -0.456 e. The Morgan fingerprint density at radius 1 is 0.241 bits per heavy atom. The van der Waals surface area contributed by atoms with Crippen LogP contribution in [0, 0.1) is 0 Å². The van der Waals surface area contributed by atoms with Gasteiger partial charge >= 0.3 is 0 Å². The van der Waals surface area contributed by atoms with Crippen LogP contribution < -0.4 is 0 Å². The topological polar surface area (TPSA) is 36.1 Å². The van der Waals surface area contributed by atoms with Gasteiger partial charge in [-0.3, -0.25) is 0 Å². The molecule has 0 aliphatic rings. The Labute approximate surface area is 332 Å². The predicted octanol–water partition coefficient (Wildman–Crippen LogP) is 15.0. The maximum Gasteiger partial charge on any atom is 0.139 e. The van der Waals surface area contributed by atoms with E-state index in [1.807, 2.05) is 0 Å². The molecule has 0 atom stereocenters. The van der Waals surface area contributed by atoms with Crippen molar-refractivity contribution >= 4 is 87.5 Å². The Bertz CT molecular complexity index is 3460. The third-order valence-electron chi connectivity index (χ3n) is 12.1. The van der Waals surface area contributed by atoms with Crippen molar-refractivity contribution < 1.29 is 8.83 Å². The molecule has 4 heterocycles. The molecule has 0 aliphatic heterocycles. The molecule has 4 heteroatoms. The van der Waals surface area contributed by atoms with Crippen molar-refractivity contribution in [1.29, 1.82) is 0 Å². The summed E-state index contributed by atoms with van der Waals surface area (Å²) in [6, 6.07) is 69.7. The molecule has 58 heavy (non-hydrogen) atoms. The van der Waals surface area contributed by atoms with Gasteiger partial charge in [-0.05, 0) is 101 Å². The van der Waals surface area contributed by atoms with Crippen LogP contribution in [-0.2, 0) is 0 Å². The van der Waals surface area contributed by atoms with Crippen molar-refractivity contribution in [3.05, 3.63) is 194 Å². The first kappa shape index (κ1) is 31.4. The Balaban J connectivity index is 0.925. The average Bonchev–Trinajstić information content (AvgIpc) is 4.02. The molecule has 0 saturated carbocycles. The van der Waals surface area contributed by atoms with Crippen LogP contribution in [0.5, 0.6) is 0 Å². The molecule has 0 amide bonds. The summed E-state index contributed by atoms with van der Waals surface area (Å²) in [5.41, 5.74) is 15.0. The fourth-order valence-electron chi connectivity index (χ4n) is 9.46. The molecule has 270 valence electrons. The lowest BCUT2D eigenvalue weighted by Gasteiger charge is -2.10. The summed E-state index contributed by atoms with van der Waals surface area (Å²) >= 11 is 0. The maximum absolute atomic E-state index is 6.46. The van der Waals surface area contributed by atoms with E-state index in [0.717, 1.165) is 77.5 Å². The summed E-state index contributed by atoms with van der Waals surface area (Å²) in [5.74, 6) is 0. The first-order chi connectivity index (χ1) is 28.7. The van der Waals surface area contributed by atoms with E-state index in [-0.39, 0.29) is 0 Å². The number of hydrogen-bond donors (Lipinski definition) is 0. The molecule has 0 unspecified atom stereocenters. The fraction of sp³-hybridized carbons (Fsp3) is 0. The molecule has 0 radical (unpaired) electrons. The second-order valence-corrected chi connectivity index (χ2v) is 15.3. The molecule has 13 rings (SSSR count). The molecule has 4 aromatic heterocycles. The first-order valence-corrected chi connectivity index (χ1v) is 19.7. The average molecular weight is 741 g/mol. The van der Waals surface area contributed by atoms with Gasteiger partial charge in [-0.2, -0.15) is 0 Å². The fourth-order valence-corrected chi connectivity index (χ4v) is 9.46. The van der Waals surface area contributed by atoms with E-state index < -0.39 is 0 Å². The zero-order valence-corrected chi connectivity index (χ0v) is 31.2. The third kappa shape index (κ3) is 4.51. The van der Waals surface area contributed by atoms with Crippen molar-refractivity contribution in [2.75, 3.05) is 0 Å². The highest BCUT2D eigenvalue weighted by atomic mass is 16.3. The summed E-state index contributed by atoms with van der Waals surface area (Å²) in [6.45, 7) is 0. The molecule has 0 fully saturated rings. The van der Waals surface area contributed by atoms with Gasteiger partial charge in [0.15, 0.2) is 0 Å². The smallest absolute Gasteiger partial charge is 0.139 e. The molecule has 13 aromatic rings. The van der Waals surface area contributed by atoms with Crippen molar-refractivity contribution in [1.82, 2.24) is 9.13 Å². The van der Waals surface area contributed by atoms with Gasteiger partial charge < -0.3 is 18.0 Å². The molecule has 0 spiro atoms. The number of nitrogens with zero attached hydrogens (tertiary/aromatic N) is 2. The second-order valence-electron chi connectivity index (χ2n) is 15.3. The van der Waals surface area contributed by atoms with Crippen molar-refractivity contribution in [3.63, 3.8) is 0 Å². The van der Waals surface area contributed by atoms with E-state index in [1.54, 1.807) is 0 Å². The third-order valence-corrected chi connectivity index (χ3v) is 12.1. The number of benzene rings is 9. The van der Waals surface area contributed by atoms with Crippen LogP contribution in [0.4, 0.5) is 0 Å². The molecule has 9 aromatic carbocycles. The lowest BCUT2D eigenvalue weighted by molar-refractivity contribution is 0.656. The SMILES string of the molecule is c1cc(-c2ccc3oc4cc5oc6ccc(-c7cccc(-n8c9ccccc9c9ccccc98)c7)cc6c5cc4c3c2)cc(-n2c3ccccc3c3ccccc32)c1. The summed E-state index contributed by atoms with van der Waals surface area (Å²) in [7, 11) is 0. The molecular formula is C54H32N2O2. The summed E-state index contributed by atoms with van der Waals surface area (Å²) < 4.78 is 17.7. The van der Waals surface area contributed by atoms with Gasteiger partial charge in [0, 0.05) is 60.5 Å². The van der Waals surface area contributed by atoms with Crippen molar-refractivity contribution in [2.45, 2.75) is 0 Å². The van der Waals surface area contributed by atoms with Gasteiger partial charge in [0.05, 0.1) is 22.1 Å². The van der Waals surface area contributed by atoms with Crippen molar-refractivity contribution in [2.24, 2.45) is 0 Å². The molecule has 0 saturated heterocycles. The predicted molar refractivity (Wildman–Crippen MR) is 241 cm³/mol. The minimum absolute atomic E-state index is 0.817. The Morgan fingerprint density at radius 3 is 1.02 bits per heavy atom. The standard InChI is InChI=1S/C54H32N2O2/c1-5-19-47-39(15-1)40-16-2-6-20-48(40)55(47)37-13-9-11-33(27-37)35-23-25-51-43(29-35)45-31-46-44-30-36(24-26-52(44)58-54(46)32-53(45)57-51)34-12-10-14-38(28-34)56-49-21-7-3-17-41(49)42-18-4-8-22-50(42)56/h1-32H. The largest absolute Gasteiger partial charge is 0.456 e. The van der Waals surface area contributed by atoms with Gasteiger partial charge in [-0.15, -0.1) is 0 Å². The zero-order chi connectivity index (χ0) is 37.9. The lowest BCUT2D eigenvalue weighted by Crippen LogP contribution is -1.94. The molecular weight excluding hydrogens is 709 g/mol. The van der Waals surface area contributed by atoms with Crippen LogP contribution in [0.3, 0.4) is 0 Å². The van der Waals surface area contributed by atoms with E-state index in [9.17, 15) is 0 Å². The van der Waals surface area contributed by atoms with Crippen LogP contribution in [-0.4, -0.2) is 9.13 Å². The highest BCUT2D eigenvalue weighted by Gasteiger charge is 2.17. The van der Waals surface area contributed by atoms with Gasteiger partial charge in [0.25, 0.3) is 0 Å². The number of para-hydroxylation sites is 4. The Hall–Kier alpha value is -7.82. The van der Waals surface area contributed by atoms with Gasteiger partial charge in [0.1, 0.15) is 22.3 Å². The number of fused-ring (bicyclic) bond motifs is 12. The van der Waals surface area contributed by atoms with E-state index in [2.05, 4.69) is 203 Å². The summed E-state index contributed by atoms with van der Waals surface area (Å²) in [5, 5.41) is 9.34. The maximum atomic E-state index is 6.46. The van der Waals surface area contributed by atoms with Gasteiger partial charge in [-0.25, -0.2) is 0 Å². The molecule has 0 bridgehead atoms. The summed E-state index contributed by atoms with van der Waals surface area (Å²) in [4.78, 5) is 0. The molecule has 0 aliphatic carbocycles.